The molecule has 0 atom stereocenters. The normalized spacial score (nSPS) is 11.0. The van der Waals surface area contributed by atoms with Crippen LogP contribution in [-0.2, 0) is 0 Å². The molecule has 3 aromatic rings. The van der Waals surface area contributed by atoms with E-state index in [-0.39, 0.29) is 0 Å². The Kier molecular flexibility index (Phi) is 5.62. The molecule has 0 saturated carbocycles. The minimum atomic E-state index is 0.428. The summed E-state index contributed by atoms with van der Waals surface area (Å²) >= 11 is 8.67. The minimum absolute atomic E-state index is 0.428. The van der Waals surface area contributed by atoms with E-state index in [1.54, 1.807) is 10.9 Å². The van der Waals surface area contributed by atoms with Crippen molar-refractivity contribution < 1.29 is 4.74 Å². The van der Waals surface area contributed by atoms with Gasteiger partial charge in [-0.05, 0) is 61.1 Å². The number of nitrogens with one attached hydrogen (secondary N) is 2. The maximum atomic E-state index is 5.46. The number of benzene rings is 2. The summed E-state index contributed by atoms with van der Waals surface area (Å²) in [6, 6.07) is 15.5. The Balaban J connectivity index is 1.79. The summed E-state index contributed by atoms with van der Waals surface area (Å²) in [6.07, 6.45) is 1.71. The molecule has 0 aliphatic rings. The topological polar surface area (TPSA) is 67.2 Å². The second kappa shape index (κ2) is 8.09. The number of H-pyrrole nitrogens is 1. The lowest BCUT2D eigenvalue weighted by Crippen LogP contribution is -2.10. The van der Waals surface area contributed by atoms with Crippen molar-refractivity contribution >= 4 is 34.4 Å². The maximum Gasteiger partial charge on any atom is 0.216 e. The van der Waals surface area contributed by atoms with Crippen LogP contribution in [0.2, 0.25) is 0 Å². The number of hydrogen-bond donors (Lipinski definition) is 2. The van der Waals surface area contributed by atoms with Crippen molar-refractivity contribution in [2.24, 2.45) is 5.10 Å². The van der Waals surface area contributed by atoms with Crippen molar-refractivity contribution in [3.8, 4) is 17.1 Å². The average Bonchev–Trinajstić information content (AvgIpc) is 2.99. The zero-order chi connectivity index (χ0) is 17.6. The molecule has 25 heavy (non-hydrogen) atoms. The van der Waals surface area contributed by atoms with Gasteiger partial charge in [0.25, 0.3) is 0 Å². The first-order valence-electron chi connectivity index (χ1n) is 7.62. The van der Waals surface area contributed by atoms with Crippen LogP contribution >= 0.6 is 28.1 Å². The quantitative estimate of drug-likeness (QED) is 0.355. The molecule has 0 amide bonds. The van der Waals surface area contributed by atoms with E-state index in [2.05, 4.69) is 36.8 Å². The third-order valence-electron chi connectivity index (χ3n) is 3.34. The van der Waals surface area contributed by atoms with Crippen molar-refractivity contribution in [3.63, 3.8) is 0 Å². The highest BCUT2D eigenvalue weighted by Gasteiger charge is 2.08. The van der Waals surface area contributed by atoms with Gasteiger partial charge in [-0.25, -0.2) is 10.6 Å². The van der Waals surface area contributed by atoms with Gasteiger partial charge in [0.2, 0.25) is 4.77 Å². The van der Waals surface area contributed by atoms with Gasteiger partial charge in [-0.15, -0.1) is 0 Å². The highest BCUT2D eigenvalue weighted by atomic mass is 79.9. The van der Waals surface area contributed by atoms with E-state index in [1.807, 2.05) is 55.5 Å². The monoisotopic (exact) mass is 417 g/mol. The molecule has 0 aliphatic heterocycles. The number of ether oxygens (including phenoxy) is 1. The Morgan fingerprint density at radius 1 is 1.24 bits per heavy atom. The Hall–Kier alpha value is -2.45. The van der Waals surface area contributed by atoms with Crippen molar-refractivity contribution in [1.29, 1.82) is 0 Å². The molecule has 8 heteroatoms. The summed E-state index contributed by atoms with van der Waals surface area (Å²) in [5.41, 5.74) is 4.77. The minimum Gasteiger partial charge on any atom is -0.494 e. The van der Waals surface area contributed by atoms with Crippen LogP contribution in [0.15, 0.2) is 58.1 Å². The van der Waals surface area contributed by atoms with E-state index in [9.17, 15) is 0 Å². The first kappa shape index (κ1) is 17.4. The molecule has 0 aliphatic carbocycles. The number of nitrogens with zero attached hydrogens (tertiary/aromatic N) is 3. The summed E-state index contributed by atoms with van der Waals surface area (Å²) in [7, 11) is 0. The lowest BCUT2D eigenvalue weighted by Gasteiger charge is -2.07. The van der Waals surface area contributed by atoms with Gasteiger partial charge in [0.1, 0.15) is 5.75 Å². The SMILES string of the molecule is CCOc1ccc(-c2n[nH]c(=S)n2NN=Cc2ccc(Br)cc2)cc1. The lowest BCUT2D eigenvalue weighted by molar-refractivity contribution is 0.340. The summed E-state index contributed by atoms with van der Waals surface area (Å²) in [5, 5.41) is 11.3. The third-order valence-corrected chi connectivity index (χ3v) is 4.14. The van der Waals surface area contributed by atoms with Gasteiger partial charge in [-0.1, -0.05) is 28.1 Å². The molecule has 2 N–H and O–H groups in total. The summed E-state index contributed by atoms with van der Waals surface area (Å²) in [5.74, 6) is 1.45. The highest BCUT2D eigenvalue weighted by Crippen LogP contribution is 2.20. The predicted octanol–water partition coefficient (Wildman–Crippen LogP) is 4.35. The molecule has 1 heterocycles. The number of hydrazone groups is 1. The first-order valence-corrected chi connectivity index (χ1v) is 8.83. The predicted molar refractivity (Wildman–Crippen MR) is 105 cm³/mol. The third kappa shape index (κ3) is 4.34. The molecule has 0 fully saturated rings. The first-order chi connectivity index (χ1) is 12.2. The van der Waals surface area contributed by atoms with Crippen molar-refractivity contribution in [2.75, 3.05) is 12.1 Å². The number of aromatic nitrogens is 3. The molecule has 2 aromatic carbocycles. The molecule has 0 spiro atoms. The lowest BCUT2D eigenvalue weighted by atomic mass is 10.2. The molecule has 1 aromatic heterocycles. The number of hydrogen-bond acceptors (Lipinski definition) is 5. The number of aromatic amines is 1. The van der Waals surface area contributed by atoms with Gasteiger partial charge in [-0.3, -0.25) is 0 Å². The van der Waals surface area contributed by atoms with Crippen molar-refractivity contribution in [1.82, 2.24) is 14.9 Å². The Morgan fingerprint density at radius 2 is 1.96 bits per heavy atom. The second-order valence-corrected chi connectivity index (χ2v) is 6.36. The van der Waals surface area contributed by atoms with E-state index in [0.29, 0.717) is 17.2 Å². The van der Waals surface area contributed by atoms with Gasteiger partial charge < -0.3 is 4.74 Å². The van der Waals surface area contributed by atoms with Crippen LogP contribution in [0.4, 0.5) is 0 Å². The summed E-state index contributed by atoms with van der Waals surface area (Å²) in [4.78, 5) is 0. The van der Waals surface area contributed by atoms with Crippen LogP contribution in [0.3, 0.4) is 0 Å². The fraction of sp³-hybridized carbons (Fsp3) is 0.118. The zero-order valence-electron chi connectivity index (χ0n) is 13.4. The fourth-order valence-corrected chi connectivity index (χ4v) is 2.60. The van der Waals surface area contributed by atoms with Gasteiger partial charge in [0, 0.05) is 10.0 Å². The van der Waals surface area contributed by atoms with Crippen LogP contribution in [0, 0.1) is 4.77 Å². The van der Waals surface area contributed by atoms with E-state index in [0.717, 1.165) is 21.3 Å². The molecule has 128 valence electrons. The molecule has 3 rings (SSSR count). The van der Waals surface area contributed by atoms with Crippen LogP contribution in [0.5, 0.6) is 5.75 Å². The Bertz CT molecular complexity index is 915. The average molecular weight is 418 g/mol. The maximum absolute atomic E-state index is 5.46. The Morgan fingerprint density at radius 3 is 2.64 bits per heavy atom. The van der Waals surface area contributed by atoms with E-state index < -0.39 is 0 Å². The van der Waals surface area contributed by atoms with Gasteiger partial charge in [0.15, 0.2) is 5.82 Å². The molecule has 0 saturated heterocycles. The van der Waals surface area contributed by atoms with E-state index in [1.165, 1.54) is 0 Å². The highest BCUT2D eigenvalue weighted by molar-refractivity contribution is 9.10. The van der Waals surface area contributed by atoms with E-state index in [4.69, 9.17) is 17.0 Å². The zero-order valence-corrected chi connectivity index (χ0v) is 15.8. The number of rotatable bonds is 6. The molecule has 0 unspecified atom stereocenters. The smallest absolute Gasteiger partial charge is 0.216 e. The molecular formula is C17H16BrN5OS. The van der Waals surface area contributed by atoms with Crippen molar-refractivity contribution in [2.45, 2.75) is 6.92 Å². The van der Waals surface area contributed by atoms with Gasteiger partial charge >= 0.3 is 0 Å². The largest absolute Gasteiger partial charge is 0.494 e. The Labute approximate surface area is 158 Å². The fourth-order valence-electron chi connectivity index (χ4n) is 2.16. The van der Waals surface area contributed by atoms with Crippen LogP contribution < -0.4 is 10.3 Å². The van der Waals surface area contributed by atoms with Gasteiger partial charge in [-0.2, -0.15) is 14.9 Å². The van der Waals surface area contributed by atoms with Crippen LogP contribution in [0.1, 0.15) is 12.5 Å². The summed E-state index contributed by atoms with van der Waals surface area (Å²) in [6.45, 7) is 2.58. The number of halogens is 1. The molecular weight excluding hydrogens is 402 g/mol. The van der Waals surface area contributed by atoms with E-state index >= 15 is 0 Å². The van der Waals surface area contributed by atoms with Crippen molar-refractivity contribution in [3.05, 3.63) is 63.3 Å². The summed E-state index contributed by atoms with van der Waals surface area (Å²) < 4.78 is 8.52. The standard InChI is InChI=1S/C17H16BrN5OS/c1-2-24-15-9-5-13(6-10-15)16-20-21-17(25)23(16)22-19-11-12-3-7-14(18)8-4-12/h3-11,22H,2H2,1H3,(H,21,25). The molecule has 0 radical (unpaired) electrons. The van der Waals surface area contributed by atoms with Crippen LogP contribution in [0.25, 0.3) is 11.4 Å². The second-order valence-electron chi connectivity index (χ2n) is 5.05. The van der Waals surface area contributed by atoms with Gasteiger partial charge in [0.05, 0.1) is 12.8 Å². The molecule has 6 nitrogen and oxygen atoms in total. The molecule has 0 bridgehead atoms. The van der Waals surface area contributed by atoms with Crippen LogP contribution in [-0.4, -0.2) is 27.7 Å².